The number of hydrogen-bond acceptors (Lipinski definition) is 17. The molecule has 17 N–H and O–H groups in total. The second-order valence-corrected chi connectivity index (χ2v) is 21.2. The van der Waals surface area contributed by atoms with E-state index in [2.05, 4.69) is 37.2 Å². The van der Waals surface area contributed by atoms with Crippen molar-refractivity contribution in [3.8, 4) is 0 Å². The summed E-state index contributed by atoms with van der Waals surface area (Å²) in [6.45, 7) is 7.42. The zero-order valence-electron chi connectivity index (χ0n) is 46.9. The van der Waals surface area contributed by atoms with E-state index >= 15 is 0 Å². The summed E-state index contributed by atoms with van der Waals surface area (Å²) in [7, 11) is 0. The first-order chi connectivity index (χ1) is 37.5. The Morgan fingerprint density at radius 1 is 0.671 bits per heavy atom. The van der Waals surface area contributed by atoms with Crippen molar-refractivity contribution in [3.05, 3.63) is 35.9 Å². The van der Waals surface area contributed by atoms with Crippen LogP contribution in [0, 0.1) is 29.6 Å². The number of aliphatic hydroxyl groups excluding tert-OH is 2. The van der Waals surface area contributed by atoms with Gasteiger partial charge in [0.25, 0.3) is 0 Å². The molecule has 7 amide bonds. The molecule has 0 saturated carbocycles. The molecular weight excluding hydrogens is 1020 g/mol. The highest BCUT2D eigenvalue weighted by Gasteiger charge is 2.37. The van der Waals surface area contributed by atoms with E-state index in [1.165, 1.54) is 20.8 Å². The summed E-state index contributed by atoms with van der Waals surface area (Å²) in [5.74, 6) is -12.4. The van der Waals surface area contributed by atoms with Gasteiger partial charge in [-0.1, -0.05) is 50.6 Å². The van der Waals surface area contributed by atoms with Gasteiger partial charge in [-0.3, -0.25) is 52.7 Å². The van der Waals surface area contributed by atoms with Crippen molar-refractivity contribution in [2.45, 2.75) is 173 Å². The molecule has 444 valence electrons. The molecule has 1 aliphatic heterocycles. The number of nitrogens with two attached hydrogens (primary N) is 4. The van der Waals surface area contributed by atoms with Crippen LogP contribution in [-0.4, -0.2) is 156 Å². The van der Waals surface area contributed by atoms with Crippen molar-refractivity contribution in [1.29, 1.82) is 0 Å². The molecule has 2 rings (SSSR count). The summed E-state index contributed by atoms with van der Waals surface area (Å²) in [5, 5.41) is 40.2. The summed E-state index contributed by atoms with van der Waals surface area (Å²) >= 11 is 0. The highest BCUT2D eigenvalue weighted by atomic mass is 16.3. The normalized spacial score (nSPS) is 23.2. The molecule has 11 atom stereocenters. The Morgan fingerprint density at radius 2 is 1.23 bits per heavy atom. The topological polar surface area (TPSA) is 417 Å². The first-order valence-electron chi connectivity index (χ1n) is 27.8. The molecule has 24 heteroatoms. The number of hydrogen-bond donors (Lipinski definition) is 13. The average molecular weight is 1110 g/mol. The van der Waals surface area contributed by atoms with Gasteiger partial charge in [0.1, 0.15) is 17.9 Å². The van der Waals surface area contributed by atoms with Crippen molar-refractivity contribution in [2.75, 3.05) is 39.3 Å². The van der Waals surface area contributed by atoms with Gasteiger partial charge in [0.2, 0.25) is 41.4 Å². The molecular formula is C55H91N11O13. The van der Waals surface area contributed by atoms with Crippen molar-refractivity contribution in [1.82, 2.24) is 37.2 Å². The molecule has 0 radical (unpaired) electrons. The van der Waals surface area contributed by atoms with Gasteiger partial charge in [0.05, 0.1) is 42.2 Å². The van der Waals surface area contributed by atoms with Crippen LogP contribution in [0.25, 0.3) is 0 Å². The zero-order valence-corrected chi connectivity index (χ0v) is 46.9. The smallest absolute Gasteiger partial charge is 0.243 e. The second-order valence-electron chi connectivity index (χ2n) is 21.2. The van der Waals surface area contributed by atoms with Gasteiger partial charge in [-0.15, -0.1) is 0 Å². The summed E-state index contributed by atoms with van der Waals surface area (Å²) in [4.78, 5) is 151. The van der Waals surface area contributed by atoms with Gasteiger partial charge in [0.15, 0.2) is 17.3 Å². The maximum atomic E-state index is 14.5. The highest BCUT2D eigenvalue weighted by molar-refractivity contribution is 5.98. The Labute approximate surface area is 464 Å². The average Bonchev–Trinajstić information content (AvgIpc) is 3.38. The quantitative estimate of drug-likeness (QED) is 0.0440. The first kappa shape index (κ1) is 69.1. The molecule has 1 aromatic carbocycles. The molecule has 1 saturated heterocycles. The van der Waals surface area contributed by atoms with Crippen molar-refractivity contribution in [3.63, 3.8) is 0 Å². The summed E-state index contributed by atoms with van der Waals surface area (Å²) < 4.78 is 0. The van der Waals surface area contributed by atoms with E-state index < -0.39 is 138 Å². The van der Waals surface area contributed by atoms with Crippen LogP contribution in [0.1, 0.15) is 130 Å². The number of benzene rings is 1. The predicted molar refractivity (Wildman–Crippen MR) is 295 cm³/mol. The van der Waals surface area contributed by atoms with Gasteiger partial charge < -0.3 is 70.4 Å². The molecule has 0 spiro atoms. The van der Waals surface area contributed by atoms with E-state index in [4.69, 9.17) is 22.9 Å². The Hall–Kier alpha value is -6.05. The van der Waals surface area contributed by atoms with E-state index in [-0.39, 0.29) is 108 Å². The van der Waals surface area contributed by atoms with Crippen LogP contribution >= 0.6 is 0 Å². The lowest BCUT2D eigenvalue weighted by molar-refractivity contribution is -0.137. The molecule has 1 fully saturated rings. The van der Waals surface area contributed by atoms with Crippen LogP contribution in [0.5, 0.6) is 0 Å². The Kier molecular flexibility index (Phi) is 32.3. The minimum Gasteiger partial charge on any atom is -0.393 e. The largest absolute Gasteiger partial charge is 0.393 e. The first-order valence-corrected chi connectivity index (χ1v) is 27.8. The minimum absolute atomic E-state index is 0.0240. The fourth-order valence-electron chi connectivity index (χ4n) is 9.29. The summed E-state index contributed by atoms with van der Waals surface area (Å²) in [6, 6.07) is 2.38. The lowest BCUT2D eigenvalue weighted by Gasteiger charge is -2.28. The van der Waals surface area contributed by atoms with Crippen molar-refractivity contribution < 1.29 is 63.0 Å². The van der Waals surface area contributed by atoms with E-state index in [0.717, 1.165) is 0 Å². The lowest BCUT2D eigenvalue weighted by Crippen LogP contribution is -2.57. The van der Waals surface area contributed by atoms with E-state index in [9.17, 15) is 63.0 Å². The van der Waals surface area contributed by atoms with E-state index in [1.807, 2.05) is 13.8 Å². The maximum Gasteiger partial charge on any atom is 0.243 e. The fourth-order valence-corrected chi connectivity index (χ4v) is 9.29. The number of Topliss-reactive ketones (excluding diaryl/α,β-unsaturated/α-hetero) is 4. The lowest BCUT2D eigenvalue weighted by atomic mass is 9.89. The van der Waals surface area contributed by atoms with Crippen molar-refractivity contribution >= 4 is 64.5 Å². The third-order valence-corrected chi connectivity index (χ3v) is 13.9. The third kappa shape index (κ3) is 25.7. The van der Waals surface area contributed by atoms with Crippen LogP contribution < -0.4 is 60.2 Å². The third-order valence-electron chi connectivity index (χ3n) is 13.9. The number of carbonyl (C=O) groups excluding carboxylic acids is 11. The minimum atomic E-state index is -1.41. The molecule has 24 nitrogen and oxygen atoms in total. The van der Waals surface area contributed by atoms with Crippen LogP contribution in [0.4, 0.5) is 0 Å². The van der Waals surface area contributed by atoms with Crippen LogP contribution in [0.15, 0.2) is 30.3 Å². The molecule has 1 aromatic rings. The van der Waals surface area contributed by atoms with Crippen LogP contribution in [0.2, 0.25) is 0 Å². The zero-order chi connectivity index (χ0) is 59.2. The maximum absolute atomic E-state index is 14.5. The highest BCUT2D eigenvalue weighted by Crippen LogP contribution is 2.21. The van der Waals surface area contributed by atoms with Crippen LogP contribution in [0.3, 0.4) is 0 Å². The molecule has 1 aliphatic rings. The SMILES string of the molecule is CC(=O)NCCCCCC(=O)C[C@H](C(=O)N[C@@H](CCN)C(=O)C[C@H]1CCNC(=O)[C@H]([C@@H](C)O)CC(=O)[C@H](CCN)NC(=O)[C@H](CCN)NC(=O)[C@H](CC(C)C)NC(=O)[C@@H](Cc2ccccc2)CC(=O)[C@H](CCN)NC1=O)[C@@H](C)O. The molecule has 79 heavy (non-hydrogen) atoms. The fraction of sp³-hybridized carbons (Fsp3) is 0.691. The summed E-state index contributed by atoms with van der Waals surface area (Å²) in [5.41, 5.74) is 24.3. The monoisotopic (exact) mass is 1110 g/mol. The van der Waals surface area contributed by atoms with Gasteiger partial charge in [0, 0.05) is 64.0 Å². The van der Waals surface area contributed by atoms with Gasteiger partial charge in [-0.25, -0.2) is 0 Å². The number of carbonyl (C=O) groups is 11. The number of nitrogens with one attached hydrogen (secondary N) is 7. The Morgan fingerprint density at radius 3 is 1.80 bits per heavy atom. The Balaban J connectivity index is 2.66. The van der Waals surface area contributed by atoms with Gasteiger partial charge >= 0.3 is 0 Å². The van der Waals surface area contributed by atoms with E-state index in [1.54, 1.807) is 30.3 Å². The van der Waals surface area contributed by atoms with Crippen molar-refractivity contribution in [2.24, 2.45) is 52.5 Å². The number of rotatable bonds is 27. The molecule has 0 aliphatic carbocycles. The molecule has 0 unspecified atom stereocenters. The predicted octanol–water partition coefficient (Wildman–Crippen LogP) is -1.63. The molecule has 0 bridgehead atoms. The summed E-state index contributed by atoms with van der Waals surface area (Å²) in [6.07, 6.45) is -3.35. The second kappa shape index (κ2) is 37.0. The standard InChI is InChI=1S/C55H91N11O13/c1-32(2)26-46-55(79)65-45(18-23-59)54(78)64-44(17-22-58)49(73)31-41(34(4)68)52(76)61-25-19-37(50(74)62-42(15-20-56)48(72)29-38(51(75)66-46)27-36-12-8-6-9-13-36)28-47(71)43(16-21-57)63-53(77)40(33(3)67)30-39(70)14-10-7-11-24-60-35(5)69/h6,8-9,12-13,32-34,37-38,40-46,67-68H,7,10-11,14-31,56-59H2,1-5H3,(H,60,69)(H,61,76)(H,62,74)(H,63,77)(H,64,78)(H,65,79)(H,66,75)/t33-,34-,37-,38+,40+,41+,42+,43+,44+,45+,46+/m1/s1. The Bertz CT molecular complexity index is 2160. The van der Waals surface area contributed by atoms with Gasteiger partial charge in [-0.05, 0) is 109 Å². The number of aliphatic hydroxyl groups is 2. The van der Waals surface area contributed by atoms with E-state index in [0.29, 0.717) is 31.4 Å². The molecule has 1 heterocycles. The molecule has 0 aromatic heterocycles. The van der Waals surface area contributed by atoms with Gasteiger partial charge in [-0.2, -0.15) is 0 Å². The van der Waals surface area contributed by atoms with Crippen LogP contribution in [-0.2, 0) is 59.2 Å². The number of ketones is 4. The number of amides is 7. The number of unbranched alkanes of at least 4 members (excludes halogenated alkanes) is 2.